The van der Waals surface area contributed by atoms with Gasteiger partial charge in [0.25, 0.3) is 5.91 Å². The van der Waals surface area contributed by atoms with E-state index in [4.69, 9.17) is 4.74 Å². The first-order valence-electron chi connectivity index (χ1n) is 10.6. The molecule has 0 unspecified atom stereocenters. The number of ether oxygens (including phenoxy) is 1. The second-order valence-corrected chi connectivity index (χ2v) is 7.46. The zero-order chi connectivity index (χ0) is 23.2. The molecule has 4 aromatic carbocycles. The van der Waals surface area contributed by atoms with Crippen LogP contribution in [-0.4, -0.2) is 23.6 Å². The number of rotatable bonds is 6. The maximum atomic E-state index is 13.3. The summed E-state index contributed by atoms with van der Waals surface area (Å²) in [6, 6.07) is 25.7. The van der Waals surface area contributed by atoms with Crippen molar-refractivity contribution in [2.24, 2.45) is 0 Å². The predicted molar refractivity (Wildman–Crippen MR) is 131 cm³/mol. The number of carbonyl (C=O) groups is 2. The highest BCUT2D eigenvalue weighted by Gasteiger charge is 2.13. The number of hydrogen-bond donors (Lipinski definition) is 2. The summed E-state index contributed by atoms with van der Waals surface area (Å²) in [7, 11) is 0. The van der Waals surface area contributed by atoms with Crippen molar-refractivity contribution in [2.45, 2.75) is 6.92 Å². The van der Waals surface area contributed by atoms with Crippen LogP contribution in [0.4, 0.5) is 5.69 Å². The standard InChI is InChI=1S/C28H23NO4/c1-2-33-27(31)14-13-19-7-5-10-23(15-19)29-28(32)26-18-22(20-9-6-11-24(30)17-20)16-21-8-3-4-12-25(21)26/h3-18,30H,2H2,1H3,(H,29,32). The molecule has 0 spiro atoms. The Hall–Kier alpha value is -4.38. The van der Waals surface area contributed by atoms with E-state index in [1.165, 1.54) is 6.08 Å². The lowest BCUT2D eigenvalue weighted by Gasteiger charge is -2.12. The topological polar surface area (TPSA) is 75.6 Å². The number of phenolic OH excluding ortho intramolecular Hbond substituents is 1. The van der Waals surface area contributed by atoms with Gasteiger partial charge in [0.1, 0.15) is 5.75 Å². The molecule has 0 aliphatic heterocycles. The summed E-state index contributed by atoms with van der Waals surface area (Å²) in [5.74, 6) is -0.499. The molecule has 0 bridgehead atoms. The van der Waals surface area contributed by atoms with Crippen LogP contribution in [0.3, 0.4) is 0 Å². The van der Waals surface area contributed by atoms with E-state index in [-0.39, 0.29) is 11.7 Å². The van der Waals surface area contributed by atoms with E-state index in [9.17, 15) is 14.7 Å². The lowest BCUT2D eigenvalue weighted by molar-refractivity contribution is -0.137. The molecule has 0 atom stereocenters. The first kappa shape index (κ1) is 21.8. The van der Waals surface area contributed by atoms with E-state index < -0.39 is 5.97 Å². The molecule has 0 aliphatic carbocycles. The van der Waals surface area contributed by atoms with Crippen LogP contribution in [0.5, 0.6) is 5.75 Å². The summed E-state index contributed by atoms with van der Waals surface area (Å²) < 4.78 is 4.90. The zero-order valence-corrected chi connectivity index (χ0v) is 18.1. The van der Waals surface area contributed by atoms with Crippen LogP contribution in [0.2, 0.25) is 0 Å². The van der Waals surface area contributed by atoms with Gasteiger partial charge >= 0.3 is 5.97 Å². The normalized spacial score (nSPS) is 10.9. The minimum Gasteiger partial charge on any atom is -0.508 e. The van der Waals surface area contributed by atoms with Crippen LogP contribution in [-0.2, 0) is 9.53 Å². The number of esters is 1. The van der Waals surface area contributed by atoms with E-state index in [1.807, 2.05) is 54.6 Å². The molecule has 4 rings (SSSR count). The van der Waals surface area contributed by atoms with Crippen LogP contribution in [0, 0.1) is 0 Å². The van der Waals surface area contributed by atoms with E-state index in [2.05, 4.69) is 5.32 Å². The first-order valence-corrected chi connectivity index (χ1v) is 10.6. The molecule has 0 radical (unpaired) electrons. The summed E-state index contributed by atoms with van der Waals surface area (Å²) >= 11 is 0. The summed E-state index contributed by atoms with van der Waals surface area (Å²) in [6.45, 7) is 2.07. The average Bonchev–Trinajstić information content (AvgIpc) is 2.82. The second kappa shape index (κ2) is 9.83. The molecule has 0 fully saturated rings. The fraction of sp³-hybridized carbons (Fsp3) is 0.0714. The third-order valence-corrected chi connectivity index (χ3v) is 5.13. The van der Waals surface area contributed by atoms with Crippen molar-refractivity contribution in [3.8, 4) is 16.9 Å². The molecule has 164 valence electrons. The highest BCUT2D eigenvalue weighted by molar-refractivity contribution is 6.14. The predicted octanol–water partition coefficient (Wildman–Crippen LogP) is 6.04. The average molecular weight is 437 g/mol. The zero-order valence-electron chi connectivity index (χ0n) is 18.1. The molecule has 0 heterocycles. The van der Waals surface area contributed by atoms with Crippen LogP contribution in [0.15, 0.2) is 91.0 Å². The van der Waals surface area contributed by atoms with Gasteiger partial charge in [-0.25, -0.2) is 4.79 Å². The lowest BCUT2D eigenvalue weighted by Crippen LogP contribution is -2.12. The summed E-state index contributed by atoms with van der Waals surface area (Å²) in [6.07, 6.45) is 3.00. The van der Waals surface area contributed by atoms with E-state index in [0.717, 1.165) is 27.5 Å². The summed E-state index contributed by atoms with van der Waals surface area (Å²) in [4.78, 5) is 24.9. The van der Waals surface area contributed by atoms with Gasteiger partial charge in [-0.2, -0.15) is 0 Å². The molecule has 0 aliphatic rings. The van der Waals surface area contributed by atoms with Gasteiger partial charge < -0.3 is 15.2 Å². The third kappa shape index (κ3) is 5.28. The fourth-order valence-corrected chi connectivity index (χ4v) is 3.62. The second-order valence-electron chi connectivity index (χ2n) is 7.46. The molecule has 2 N–H and O–H groups in total. The molecule has 0 saturated heterocycles. The Balaban J connectivity index is 1.66. The van der Waals surface area contributed by atoms with Crippen molar-refractivity contribution in [1.82, 2.24) is 0 Å². The number of fused-ring (bicyclic) bond motifs is 1. The molecule has 5 nitrogen and oxygen atoms in total. The Morgan fingerprint density at radius 1 is 0.909 bits per heavy atom. The number of amides is 1. The quantitative estimate of drug-likeness (QED) is 0.285. The maximum absolute atomic E-state index is 13.3. The Morgan fingerprint density at radius 2 is 1.73 bits per heavy atom. The molecular formula is C28H23NO4. The van der Waals surface area contributed by atoms with Crippen molar-refractivity contribution in [1.29, 1.82) is 0 Å². The number of phenols is 1. The number of benzene rings is 4. The van der Waals surface area contributed by atoms with Gasteiger partial charge in [-0.3, -0.25) is 4.79 Å². The van der Waals surface area contributed by atoms with E-state index in [1.54, 1.807) is 43.3 Å². The van der Waals surface area contributed by atoms with Crippen LogP contribution < -0.4 is 5.32 Å². The van der Waals surface area contributed by atoms with E-state index in [0.29, 0.717) is 17.9 Å². The Labute approximate surface area is 192 Å². The van der Waals surface area contributed by atoms with Gasteiger partial charge in [-0.05, 0) is 76.9 Å². The molecule has 1 amide bonds. The van der Waals surface area contributed by atoms with Crippen molar-refractivity contribution in [3.05, 3.63) is 102 Å². The number of aromatic hydroxyl groups is 1. The van der Waals surface area contributed by atoms with E-state index >= 15 is 0 Å². The van der Waals surface area contributed by atoms with Crippen LogP contribution in [0.1, 0.15) is 22.8 Å². The number of anilines is 1. The smallest absolute Gasteiger partial charge is 0.330 e. The van der Waals surface area contributed by atoms with Crippen molar-refractivity contribution < 1.29 is 19.4 Å². The minimum atomic E-state index is -0.415. The van der Waals surface area contributed by atoms with Crippen molar-refractivity contribution >= 4 is 34.4 Å². The van der Waals surface area contributed by atoms with Gasteiger partial charge in [0.05, 0.1) is 6.61 Å². The van der Waals surface area contributed by atoms with Crippen LogP contribution in [0.25, 0.3) is 28.0 Å². The highest BCUT2D eigenvalue weighted by atomic mass is 16.5. The molecule has 5 heteroatoms. The van der Waals surface area contributed by atoms with Crippen LogP contribution >= 0.6 is 0 Å². The third-order valence-electron chi connectivity index (χ3n) is 5.13. The van der Waals surface area contributed by atoms with Gasteiger partial charge in [0, 0.05) is 17.3 Å². The largest absolute Gasteiger partial charge is 0.508 e. The van der Waals surface area contributed by atoms with Gasteiger partial charge in [-0.15, -0.1) is 0 Å². The highest BCUT2D eigenvalue weighted by Crippen LogP contribution is 2.30. The number of nitrogens with one attached hydrogen (secondary N) is 1. The molecule has 4 aromatic rings. The first-order chi connectivity index (χ1) is 16.0. The Bertz CT molecular complexity index is 1360. The number of hydrogen-bond acceptors (Lipinski definition) is 4. The Morgan fingerprint density at radius 3 is 2.55 bits per heavy atom. The maximum Gasteiger partial charge on any atom is 0.330 e. The minimum absolute atomic E-state index is 0.166. The molecular weight excluding hydrogens is 414 g/mol. The molecule has 0 saturated carbocycles. The SMILES string of the molecule is CCOC(=O)C=Cc1cccc(NC(=O)c2cc(-c3cccc(O)c3)cc3ccccc23)c1. The lowest BCUT2D eigenvalue weighted by atomic mass is 9.96. The fourth-order valence-electron chi connectivity index (χ4n) is 3.62. The van der Waals surface area contributed by atoms with Gasteiger partial charge in [-0.1, -0.05) is 48.5 Å². The van der Waals surface area contributed by atoms with Gasteiger partial charge in [0.15, 0.2) is 0 Å². The Kier molecular flexibility index (Phi) is 6.51. The summed E-state index contributed by atoms with van der Waals surface area (Å²) in [5, 5.41) is 14.6. The van der Waals surface area contributed by atoms with Gasteiger partial charge in [0.2, 0.25) is 0 Å². The monoisotopic (exact) mass is 437 g/mol. The molecule has 33 heavy (non-hydrogen) atoms. The van der Waals surface area contributed by atoms with Crippen molar-refractivity contribution in [2.75, 3.05) is 11.9 Å². The molecule has 0 aromatic heterocycles. The van der Waals surface area contributed by atoms with Crippen molar-refractivity contribution in [3.63, 3.8) is 0 Å². The summed E-state index contributed by atoms with van der Waals surface area (Å²) in [5.41, 5.74) is 3.55. The number of carbonyl (C=O) groups excluding carboxylic acids is 2.